The van der Waals surface area contributed by atoms with E-state index in [0.29, 0.717) is 29.9 Å². The lowest BCUT2D eigenvalue weighted by Gasteiger charge is -2.37. The summed E-state index contributed by atoms with van der Waals surface area (Å²) in [6, 6.07) is 19.5. The summed E-state index contributed by atoms with van der Waals surface area (Å²) in [7, 11) is 1.63. The molecule has 0 fully saturated rings. The van der Waals surface area contributed by atoms with Gasteiger partial charge in [0.15, 0.2) is 11.5 Å². The van der Waals surface area contributed by atoms with Crippen LogP contribution in [0.1, 0.15) is 40.6 Å². The largest absolute Gasteiger partial charge is 0.493 e. The highest BCUT2D eigenvalue weighted by molar-refractivity contribution is 9.10. The molecule has 178 valence electrons. The molecule has 1 aliphatic heterocycles. The molecule has 35 heavy (non-hydrogen) atoms. The van der Waals surface area contributed by atoms with Gasteiger partial charge in [-0.25, -0.2) is 0 Å². The van der Waals surface area contributed by atoms with Crippen LogP contribution < -0.4 is 14.8 Å². The number of nitrogens with zero attached hydrogens (tertiary/aromatic N) is 1. The van der Waals surface area contributed by atoms with E-state index >= 15 is 0 Å². The average molecular weight is 529 g/mol. The Morgan fingerprint density at radius 3 is 2.74 bits per heavy atom. The first-order valence-electron chi connectivity index (χ1n) is 11.9. The molecule has 0 unspecified atom stereocenters. The van der Waals surface area contributed by atoms with Crippen molar-refractivity contribution in [3.63, 3.8) is 0 Å². The van der Waals surface area contributed by atoms with E-state index in [1.165, 1.54) is 22.4 Å². The molecule has 5 rings (SSSR count). The summed E-state index contributed by atoms with van der Waals surface area (Å²) in [6.07, 6.45) is 9.36. The Hall–Kier alpha value is -3.31. The molecule has 3 atom stereocenters. The second-order valence-electron chi connectivity index (χ2n) is 9.05. The average Bonchev–Trinajstić information content (AvgIpc) is 3.37. The van der Waals surface area contributed by atoms with Crippen LogP contribution in [0.15, 0.2) is 88.9 Å². The zero-order chi connectivity index (χ0) is 24.4. The fraction of sp³-hybridized carbons (Fsp3) is 0.233. The van der Waals surface area contributed by atoms with Gasteiger partial charge in [0.2, 0.25) is 0 Å². The summed E-state index contributed by atoms with van der Waals surface area (Å²) in [5, 5.41) is 3.81. The number of anilines is 1. The van der Waals surface area contributed by atoms with Crippen molar-refractivity contribution in [2.75, 3.05) is 19.0 Å². The quantitative estimate of drug-likeness (QED) is 0.250. The fourth-order valence-corrected chi connectivity index (χ4v) is 5.63. The number of ether oxygens (including phenoxy) is 2. The monoisotopic (exact) mass is 528 g/mol. The van der Waals surface area contributed by atoms with Crippen LogP contribution in [0.25, 0.3) is 0 Å². The molecular formula is C30H29BrN2O2. The topological polar surface area (TPSA) is 42.8 Å². The number of hydrogen-bond acceptors (Lipinski definition) is 4. The Bertz CT molecular complexity index is 1300. The summed E-state index contributed by atoms with van der Waals surface area (Å²) < 4.78 is 12.0. The second kappa shape index (κ2) is 10.1. The number of aryl methyl sites for hydroxylation is 1. The number of methoxy groups -OCH3 is 1. The van der Waals surface area contributed by atoms with Crippen LogP contribution >= 0.6 is 15.9 Å². The van der Waals surface area contributed by atoms with Crippen molar-refractivity contribution < 1.29 is 9.47 Å². The van der Waals surface area contributed by atoms with Gasteiger partial charge in [-0.05, 0) is 82.2 Å². The van der Waals surface area contributed by atoms with Gasteiger partial charge in [-0.15, -0.1) is 0 Å². The zero-order valence-corrected chi connectivity index (χ0v) is 21.6. The first kappa shape index (κ1) is 23.4. The van der Waals surface area contributed by atoms with Crippen LogP contribution in [0.4, 0.5) is 11.4 Å². The molecule has 0 amide bonds. The van der Waals surface area contributed by atoms with E-state index in [1.807, 2.05) is 18.3 Å². The van der Waals surface area contributed by atoms with E-state index in [2.05, 4.69) is 89.4 Å². The first-order valence-corrected chi connectivity index (χ1v) is 12.7. The molecule has 1 N–H and O–H groups in total. The maximum atomic E-state index is 5.71. The summed E-state index contributed by atoms with van der Waals surface area (Å²) in [5.74, 6) is 2.31. The van der Waals surface area contributed by atoms with E-state index in [9.17, 15) is 0 Å². The standard InChI is InChI=1S/C30H29BrN2O2/c1-4-14-35-30-26(31)16-20(17-28(30)34-3)18-32-22-11-9-21(10-12-22)29-24-7-5-6-23(24)25-15-19(2)8-13-27(25)33-29/h4-6,8-13,15-18,23-24,29,33H,1,7,14H2,2-3H3/t23-,24-,29+/m1/s1. The lowest BCUT2D eigenvalue weighted by Crippen LogP contribution is -2.29. The van der Waals surface area contributed by atoms with Crippen LogP contribution in [-0.4, -0.2) is 19.9 Å². The van der Waals surface area contributed by atoms with E-state index < -0.39 is 0 Å². The Kier molecular flexibility index (Phi) is 6.78. The third-order valence-electron chi connectivity index (χ3n) is 6.73. The van der Waals surface area contributed by atoms with Gasteiger partial charge in [-0.2, -0.15) is 0 Å². The number of nitrogens with one attached hydrogen (secondary N) is 1. The number of rotatable bonds is 7. The fourth-order valence-electron chi connectivity index (χ4n) is 5.06. The van der Waals surface area contributed by atoms with Gasteiger partial charge in [0.25, 0.3) is 0 Å². The molecule has 2 aliphatic rings. The third-order valence-corrected chi connectivity index (χ3v) is 7.32. The molecule has 4 nitrogen and oxygen atoms in total. The highest BCUT2D eigenvalue weighted by Gasteiger charge is 2.37. The van der Waals surface area contributed by atoms with Gasteiger partial charge >= 0.3 is 0 Å². The predicted molar refractivity (Wildman–Crippen MR) is 148 cm³/mol. The number of halogens is 1. The summed E-state index contributed by atoms with van der Waals surface area (Å²) in [5.41, 5.74) is 7.10. The minimum Gasteiger partial charge on any atom is -0.493 e. The van der Waals surface area contributed by atoms with E-state index in [-0.39, 0.29) is 6.04 Å². The van der Waals surface area contributed by atoms with Gasteiger partial charge in [-0.1, -0.05) is 54.6 Å². The molecule has 3 aromatic carbocycles. The van der Waals surface area contributed by atoms with E-state index in [0.717, 1.165) is 22.1 Å². The molecule has 0 radical (unpaired) electrons. The number of aliphatic imine (C=N–C) groups is 1. The van der Waals surface area contributed by atoms with Crippen molar-refractivity contribution >= 4 is 33.5 Å². The maximum absolute atomic E-state index is 5.71. The van der Waals surface area contributed by atoms with Crippen molar-refractivity contribution in [1.82, 2.24) is 0 Å². The number of fused-ring (bicyclic) bond motifs is 3. The number of benzene rings is 3. The first-order chi connectivity index (χ1) is 17.1. The zero-order valence-electron chi connectivity index (χ0n) is 20.0. The molecule has 0 bridgehead atoms. The molecule has 3 aromatic rings. The lowest BCUT2D eigenvalue weighted by atomic mass is 9.76. The van der Waals surface area contributed by atoms with Gasteiger partial charge in [0.05, 0.1) is 23.3 Å². The SMILES string of the molecule is C=CCOc1c(Br)cc(C=Nc2ccc([C@@H]3Nc4ccc(C)cc4[C@@H]4C=CC[C@H]43)cc2)cc1OC. The summed E-state index contributed by atoms with van der Waals surface area (Å²) in [6.45, 7) is 6.27. The molecule has 0 saturated carbocycles. The Balaban J connectivity index is 1.35. The second-order valence-corrected chi connectivity index (χ2v) is 9.90. The molecular weight excluding hydrogens is 500 g/mol. The van der Waals surface area contributed by atoms with Gasteiger partial charge in [0, 0.05) is 17.8 Å². The van der Waals surface area contributed by atoms with Gasteiger partial charge in [0.1, 0.15) is 6.61 Å². The summed E-state index contributed by atoms with van der Waals surface area (Å²) >= 11 is 3.57. The van der Waals surface area contributed by atoms with Crippen LogP contribution in [-0.2, 0) is 0 Å². The Morgan fingerprint density at radius 1 is 1.14 bits per heavy atom. The smallest absolute Gasteiger partial charge is 0.175 e. The normalized spacial score (nSPS) is 20.3. The Morgan fingerprint density at radius 2 is 1.97 bits per heavy atom. The number of allylic oxidation sites excluding steroid dienone is 2. The van der Waals surface area contributed by atoms with Crippen LogP contribution in [0.3, 0.4) is 0 Å². The van der Waals surface area contributed by atoms with E-state index in [4.69, 9.17) is 14.5 Å². The highest BCUT2D eigenvalue weighted by Crippen LogP contribution is 2.50. The van der Waals surface area contributed by atoms with Crippen LogP contribution in [0.5, 0.6) is 11.5 Å². The maximum Gasteiger partial charge on any atom is 0.175 e. The van der Waals surface area contributed by atoms with Crippen LogP contribution in [0.2, 0.25) is 0 Å². The number of hydrogen-bond donors (Lipinski definition) is 1. The van der Waals surface area contributed by atoms with Crippen molar-refractivity contribution in [1.29, 1.82) is 0 Å². The molecule has 0 spiro atoms. The molecule has 1 heterocycles. The van der Waals surface area contributed by atoms with E-state index in [1.54, 1.807) is 13.2 Å². The highest BCUT2D eigenvalue weighted by atomic mass is 79.9. The van der Waals surface area contributed by atoms with Crippen molar-refractivity contribution in [2.45, 2.75) is 25.3 Å². The van der Waals surface area contributed by atoms with Crippen LogP contribution in [0, 0.1) is 12.8 Å². The lowest BCUT2D eigenvalue weighted by molar-refractivity contribution is 0.324. The minimum absolute atomic E-state index is 0.284. The molecule has 1 aliphatic carbocycles. The molecule has 0 aromatic heterocycles. The molecule has 5 heteroatoms. The summed E-state index contributed by atoms with van der Waals surface area (Å²) in [4.78, 5) is 4.69. The van der Waals surface area contributed by atoms with Gasteiger partial charge in [-0.3, -0.25) is 4.99 Å². The van der Waals surface area contributed by atoms with Gasteiger partial charge < -0.3 is 14.8 Å². The third kappa shape index (κ3) is 4.78. The molecule has 0 saturated heterocycles. The predicted octanol–water partition coefficient (Wildman–Crippen LogP) is 7.91. The van der Waals surface area contributed by atoms with Crippen molar-refractivity contribution in [2.24, 2.45) is 10.9 Å². The van der Waals surface area contributed by atoms with Crippen molar-refractivity contribution in [3.8, 4) is 11.5 Å². The van der Waals surface area contributed by atoms with Crippen molar-refractivity contribution in [3.05, 3.63) is 106 Å². The Labute approximate surface area is 215 Å². The minimum atomic E-state index is 0.284.